The van der Waals surface area contributed by atoms with Gasteiger partial charge in [0.25, 0.3) is 0 Å². The Balaban J connectivity index is 1.95. The number of carbonyl (C=O) groups excluding carboxylic acids is 2. The number of rotatable bonds is 5. The molecule has 0 spiro atoms. The lowest BCUT2D eigenvalue weighted by molar-refractivity contribution is -0.151. The van der Waals surface area contributed by atoms with Crippen LogP contribution in [0, 0.1) is 12.3 Å². The van der Waals surface area contributed by atoms with E-state index in [1.807, 2.05) is 31.2 Å². The molecule has 1 aliphatic rings. The fourth-order valence-corrected chi connectivity index (χ4v) is 3.62. The summed E-state index contributed by atoms with van der Waals surface area (Å²) in [6.07, 6.45) is 0.330. The molecule has 3 rings (SSSR count). The van der Waals surface area contributed by atoms with Crippen molar-refractivity contribution >= 4 is 46.0 Å². The maximum Gasteiger partial charge on any atom is 0.340 e. The molecule has 26 heavy (non-hydrogen) atoms. The molecule has 5 nitrogen and oxygen atoms in total. The number of aromatic nitrogens is 1. The topological polar surface area (TPSA) is 65.5 Å². The van der Waals surface area contributed by atoms with Gasteiger partial charge in [0, 0.05) is 11.8 Å². The Morgan fingerprint density at radius 1 is 1.23 bits per heavy atom. The summed E-state index contributed by atoms with van der Waals surface area (Å²) >= 11 is 12.1. The van der Waals surface area contributed by atoms with Gasteiger partial charge < -0.3 is 9.47 Å². The van der Waals surface area contributed by atoms with Gasteiger partial charge in [0.05, 0.1) is 23.4 Å². The molecular weight excluding hydrogens is 377 g/mol. The van der Waals surface area contributed by atoms with Crippen molar-refractivity contribution in [3.05, 3.63) is 41.1 Å². The van der Waals surface area contributed by atoms with Gasteiger partial charge in [-0.3, -0.25) is 4.79 Å². The fourth-order valence-electron chi connectivity index (χ4n) is 2.93. The van der Waals surface area contributed by atoms with Crippen LogP contribution in [0.1, 0.15) is 41.9 Å². The molecule has 1 heterocycles. The first kappa shape index (κ1) is 18.9. The van der Waals surface area contributed by atoms with E-state index in [1.54, 1.807) is 13.8 Å². The number of hydrogen-bond acceptors (Lipinski definition) is 5. The highest BCUT2D eigenvalue weighted by Gasteiger charge is 2.69. The van der Waals surface area contributed by atoms with Crippen molar-refractivity contribution < 1.29 is 19.1 Å². The Labute approximate surface area is 161 Å². The molecule has 1 aromatic carbocycles. The Morgan fingerprint density at radius 2 is 1.88 bits per heavy atom. The lowest BCUT2D eigenvalue weighted by Gasteiger charge is -2.16. The number of hydrogen-bond donors (Lipinski definition) is 0. The van der Waals surface area contributed by atoms with Gasteiger partial charge in [-0.2, -0.15) is 0 Å². The Hall–Kier alpha value is -1.85. The summed E-state index contributed by atoms with van der Waals surface area (Å²) in [5, 5.41) is 0.848. The predicted octanol–water partition coefficient (Wildman–Crippen LogP) is 4.35. The SMILES string of the molecule is CCOC(=O)c1c(COC(=O)[C@]2(C)CC2(Cl)Cl)nc2ccccc2c1C. The zero-order chi connectivity index (χ0) is 19.1. The van der Waals surface area contributed by atoms with Gasteiger partial charge in [-0.15, -0.1) is 23.2 Å². The van der Waals surface area contributed by atoms with Crippen LogP contribution in [0.2, 0.25) is 0 Å². The highest BCUT2D eigenvalue weighted by atomic mass is 35.5. The van der Waals surface area contributed by atoms with Crippen molar-refractivity contribution in [3.63, 3.8) is 0 Å². The number of benzene rings is 1. The molecule has 0 unspecified atom stereocenters. The van der Waals surface area contributed by atoms with Crippen molar-refractivity contribution in [1.82, 2.24) is 4.98 Å². The van der Waals surface area contributed by atoms with E-state index in [1.165, 1.54) is 0 Å². The van der Waals surface area contributed by atoms with Crippen molar-refractivity contribution in [3.8, 4) is 0 Å². The summed E-state index contributed by atoms with van der Waals surface area (Å²) in [5.41, 5.74) is 1.19. The molecule has 0 amide bonds. The highest BCUT2D eigenvalue weighted by molar-refractivity contribution is 6.53. The first-order valence-corrected chi connectivity index (χ1v) is 9.07. The van der Waals surface area contributed by atoms with E-state index in [9.17, 15) is 9.59 Å². The van der Waals surface area contributed by atoms with E-state index in [4.69, 9.17) is 32.7 Å². The van der Waals surface area contributed by atoms with Crippen LogP contribution in [0.25, 0.3) is 10.9 Å². The van der Waals surface area contributed by atoms with E-state index < -0.39 is 21.7 Å². The molecule has 0 radical (unpaired) electrons. The maximum absolute atomic E-state index is 12.4. The number of halogens is 2. The van der Waals surface area contributed by atoms with Crippen LogP contribution in [0.3, 0.4) is 0 Å². The highest BCUT2D eigenvalue weighted by Crippen LogP contribution is 2.64. The number of aryl methyl sites for hydroxylation is 1. The van der Waals surface area contributed by atoms with Gasteiger partial charge in [-0.05, 0) is 32.4 Å². The van der Waals surface area contributed by atoms with Gasteiger partial charge in [0.15, 0.2) is 0 Å². The molecule has 0 aliphatic heterocycles. The van der Waals surface area contributed by atoms with E-state index in [0.29, 0.717) is 23.2 Å². The number of ether oxygens (including phenoxy) is 2. The standard InChI is InChI=1S/C19H19Cl2NO4/c1-4-25-16(23)15-11(2)12-7-5-6-8-13(12)22-14(15)9-26-17(24)18(3)10-19(18,20)21/h5-8H,4,9-10H2,1-3H3/t18-/m0/s1. The largest absolute Gasteiger partial charge is 0.462 e. The number of esters is 2. The number of para-hydroxylation sites is 1. The third-order valence-corrected chi connectivity index (χ3v) is 5.86. The van der Waals surface area contributed by atoms with Gasteiger partial charge in [0.1, 0.15) is 16.4 Å². The normalized spacial score (nSPS) is 20.7. The lowest BCUT2D eigenvalue weighted by atomic mass is 10.0. The number of carbonyl (C=O) groups is 2. The molecule has 1 fully saturated rings. The van der Waals surface area contributed by atoms with Crippen LogP contribution in [0.15, 0.2) is 24.3 Å². The summed E-state index contributed by atoms with van der Waals surface area (Å²) < 4.78 is 9.43. The van der Waals surface area contributed by atoms with Crippen LogP contribution in [0.5, 0.6) is 0 Å². The second kappa shape index (κ2) is 6.71. The molecule has 138 valence electrons. The molecule has 0 saturated heterocycles. The maximum atomic E-state index is 12.4. The molecule has 1 atom stereocenters. The smallest absolute Gasteiger partial charge is 0.340 e. The Morgan fingerprint density at radius 3 is 2.50 bits per heavy atom. The Bertz CT molecular complexity index is 896. The zero-order valence-electron chi connectivity index (χ0n) is 14.8. The minimum absolute atomic E-state index is 0.155. The molecule has 1 saturated carbocycles. The van der Waals surface area contributed by atoms with E-state index in [2.05, 4.69) is 4.98 Å². The number of nitrogens with zero attached hydrogens (tertiary/aromatic N) is 1. The second-order valence-electron chi connectivity index (χ2n) is 6.59. The molecule has 7 heteroatoms. The van der Waals surface area contributed by atoms with Crippen LogP contribution in [0.4, 0.5) is 0 Å². The monoisotopic (exact) mass is 395 g/mol. The average molecular weight is 396 g/mol. The Kier molecular flexibility index (Phi) is 4.88. The molecular formula is C19H19Cl2NO4. The van der Waals surface area contributed by atoms with E-state index in [-0.39, 0.29) is 13.2 Å². The van der Waals surface area contributed by atoms with Crippen molar-refractivity contribution in [1.29, 1.82) is 0 Å². The first-order valence-electron chi connectivity index (χ1n) is 8.31. The van der Waals surface area contributed by atoms with Crippen molar-refractivity contribution in [2.24, 2.45) is 5.41 Å². The summed E-state index contributed by atoms with van der Waals surface area (Å²) in [6.45, 7) is 5.30. The van der Waals surface area contributed by atoms with Gasteiger partial charge in [-0.25, -0.2) is 9.78 Å². The average Bonchev–Trinajstić information content (AvgIpc) is 3.12. The zero-order valence-corrected chi connectivity index (χ0v) is 16.3. The van der Waals surface area contributed by atoms with E-state index >= 15 is 0 Å². The van der Waals surface area contributed by atoms with Gasteiger partial charge >= 0.3 is 11.9 Å². The lowest BCUT2D eigenvalue weighted by Crippen LogP contribution is -2.22. The number of alkyl halides is 2. The first-order chi connectivity index (χ1) is 12.2. The summed E-state index contributed by atoms with van der Waals surface area (Å²) in [4.78, 5) is 29.3. The molecule has 1 aromatic heterocycles. The van der Waals surface area contributed by atoms with Crippen LogP contribution in [-0.2, 0) is 20.9 Å². The summed E-state index contributed by atoms with van der Waals surface area (Å²) in [6, 6.07) is 7.46. The third-order valence-electron chi connectivity index (χ3n) is 4.75. The molecule has 0 N–H and O–H groups in total. The molecule has 2 aromatic rings. The minimum Gasteiger partial charge on any atom is -0.462 e. The predicted molar refractivity (Wildman–Crippen MR) is 99.4 cm³/mol. The summed E-state index contributed by atoms with van der Waals surface area (Å²) in [7, 11) is 0. The van der Waals surface area contributed by atoms with Gasteiger partial charge in [-0.1, -0.05) is 18.2 Å². The molecule has 0 bridgehead atoms. The van der Waals surface area contributed by atoms with Crippen molar-refractivity contribution in [2.45, 2.75) is 38.1 Å². The van der Waals surface area contributed by atoms with Crippen LogP contribution < -0.4 is 0 Å². The summed E-state index contributed by atoms with van der Waals surface area (Å²) in [5.74, 6) is -0.999. The number of fused-ring (bicyclic) bond motifs is 1. The van der Waals surface area contributed by atoms with E-state index in [0.717, 1.165) is 10.9 Å². The van der Waals surface area contributed by atoms with Crippen LogP contribution in [-0.4, -0.2) is 27.9 Å². The quantitative estimate of drug-likeness (QED) is 0.556. The fraction of sp³-hybridized carbons (Fsp3) is 0.421. The third kappa shape index (κ3) is 3.14. The number of pyridine rings is 1. The van der Waals surface area contributed by atoms with Crippen LogP contribution >= 0.6 is 23.2 Å². The molecule has 1 aliphatic carbocycles. The van der Waals surface area contributed by atoms with Gasteiger partial charge in [0.2, 0.25) is 0 Å². The minimum atomic E-state index is -1.11. The second-order valence-corrected chi connectivity index (χ2v) is 8.07. The van der Waals surface area contributed by atoms with Crippen molar-refractivity contribution in [2.75, 3.05) is 6.61 Å².